The molecule has 3 aromatic rings. The molecule has 4 heterocycles. The number of imidazole rings is 1. The highest BCUT2D eigenvalue weighted by molar-refractivity contribution is 7.99. The Hall–Kier alpha value is -2.85. The predicted molar refractivity (Wildman–Crippen MR) is 90.8 cm³/mol. The number of aliphatic hydroxyl groups excluding tert-OH is 3. The molecule has 0 unspecified atom stereocenters. The van der Waals surface area contributed by atoms with Gasteiger partial charge in [0.1, 0.15) is 18.3 Å². The lowest BCUT2D eigenvalue weighted by molar-refractivity contribution is -0.0548. The van der Waals surface area contributed by atoms with Crippen LogP contribution < -0.4 is 16.8 Å². The molecule has 28 heavy (non-hydrogen) atoms. The summed E-state index contributed by atoms with van der Waals surface area (Å²) in [6.07, 6.45) is -4.09. The summed E-state index contributed by atoms with van der Waals surface area (Å²) in [4.78, 5) is 47.7. The second-order valence-corrected chi connectivity index (χ2v) is 6.77. The highest BCUT2D eigenvalue weighted by atomic mass is 32.2. The molecule has 0 spiro atoms. The van der Waals surface area contributed by atoms with Crippen molar-refractivity contribution in [2.45, 2.75) is 34.7 Å². The van der Waals surface area contributed by atoms with Crippen LogP contribution in [0.25, 0.3) is 11.2 Å². The van der Waals surface area contributed by atoms with Gasteiger partial charge in [-0.15, -0.1) is 0 Å². The molecular formula is C13H13N7O7S. The monoisotopic (exact) mass is 411 g/mol. The molecule has 1 aliphatic rings. The van der Waals surface area contributed by atoms with Gasteiger partial charge >= 0.3 is 5.69 Å². The van der Waals surface area contributed by atoms with Crippen LogP contribution in [0.1, 0.15) is 6.23 Å². The normalized spacial score (nSPS) is 24.8. The number of aromatic nitrogens is 7. The van der Waals surface area contributed by atoms with Gasteiger partial charge in [0.15, 0.2) is 27.6 Å². The van der Waals surface area contributed by atoms with Crippen LogP contribution in [-0.2, 0) is 4.74 Å². The molecule has 6 N–H and O–H groups in total. The molecule has 1 fully saturated rings. The van der Waals surface area contributed by atoms with Gasteiger partial charge in [0.05, 0.1) is 12.9 Å². The van der Waals surface area contributed by atoms with Gasteiger partial charge < -0.3 is 25.0 Å². The lowest BCUT2D eigenvalue weighted by atomic mass is 10.1. The third kappa shape index (κ3) is 2.94. The van der Waals surface area contributed by atoms with Crippen LogP contribution in [0.2, 0.25) is 0 Å². The second-order valence-electron chi connectivity index (χ2n) is 5.81. The van der Waals surface area contributed by atoms with Crippen molar-refractivity contribution in [3.05, 3.63) is 37.5 Å². The maximum Gasteiger partial charge on any atom is 0.342 e. The number of aromatic amines is 3. The van der Waals surface area contributed by atoms with Crippen LogP contribution in [0.5, 0.6) is 0 Å². The Labute approximate surface area is 157 Å². The van der Waals surface area contributed by atoms with Crippen LogP contribution in [0.4, 0.5) is 0 Å². The van der Waals surface area contributed by atoms with Crippen LogP contribution in [0, 0.1) is 0 Å². The second kappa shape index (κ2) is 6.95. The Balaban J connectivity index is 1.88. The van der Waals surface area contributed by atoms with E-state index < -0.39 is 48.0 Å². The minimum Gasteiger partial charge on any atom is -0.394 e. The average Bonchev–Trinajstić information content (AvgIpc) is 3.16. The van der Waals surface area contributed by atoms with Crippen molar-refractivity contribution in [2.75, 3.05) is 6.61 Å². The van der Waals surface area contributed by atoms with Gasteiger partial charge in [-0.2, -0.15) is 5.10 Å². The Kier molecular flexibility index (Phi) is 4.60. The number of nitrogens with one attached hydrogen (secondary N) is 3. The van der Waals surface area contributed by atoms with E-state index in [-0.39, 0.29) is 21.3 Å². The molecule has 0 aromatic carbocycles. The van der Waals surface area contributed by atoms with Crippen molar-refractivity contribution in [3.63, 3.8) is 0 Å². The van der Waals surface area contributed by atoms with Crippen molar-refractivity contribution >= 4 is 22.9 Å². The van der Waals surface area contributed by atoms with E-state index in [9.17, 15) is 29.7 Å². The highest BCUT2D eigenvalue weighted by Gasteiger charge is 2.45. The Bertz CT molecular complexity index is 1200. The first-order chi connectivity index (χ1) is 13.4. The highest BCUT2D eigenvalue weighted by Crippen LogP contribution is 2.35. The van der Waals surface area contributed by atoms with E-state index in [1.165, 1.54) is 4.57 Å². The van der Waals surface area contributed by atoms with E-state index in [2.05, 4.69) is 25.1 Å². The molecule has 0 aliphatic carbocycles. The number of fused-ring (bicyclic) bond motifs is 1. The molecule has 1 saturated heterocycles. The fourth-order valence-electron chi connectivity index (χ4n) is 2.79. The van der Waals surface area contributed by atoms with E-state index in [1.54, 1.807) is 0 Å². The van der Waals surface area contributed by atoms with E-state index in [4.69, 9.17) is 4.74 Å². The molecule has 15 heteroatoms. The van der Waals surface area contributed by atoms with Crippen LogP contribution >= 0.6 is 11.8 Å². The van der Waals surface area contributed by atoms with Gasteiger partial charge in [0, 0.05) is 0 Å². The molecule has 0 radical (unpaired) electrons. The van der Waals surface area contributed by atoms with Gasteiger partial charge in [-0.25, -0.2) is 19.9 Å². The fraction of sp³-hybridized carbons (Fsp3) is 0.385. The lowest BCUT2D eigenvalue weighted by Crippen LogP contribution is -2.33. The number of aliphatic hydroxyl groups is 3. The predicted octanol–water partition coefficient (Wildman–Crippen LogP) is -3.35. The summed E-state index contributed by atoms with van der Waals surface area (Å²) in [6.45, 7) is -0.557. The van der Waals surface area contributed by atoms with E-state index >= 15 is 0 Å². The van der Waals surface area contributed by atoms with E-state index in [0.717, 1.165) is 6.33 Å². The third-order valence-electron chi connectivity index (χ3n) is 4.09. The first-order valence-electron chi connectivity index (χ1n) is 7.85. The number of hydrogen-bond acceptors (Lipinski definition) is 11. The van der Waals surface area contributed by atoms with Gasteiger partial charge in [0.2, 0.25) is 0 Å². The van der Waals surface area contributed by atoms with Gasteiger partial charge in [0.25, 0.3) is 11.1 Å². The first kappa shape index (κ1) is 18.5. The Morgan fingerprint density at radius 3 is 2.68 bits per heavy atom. The largest absolute Gasteiger partial charge is 0.394 e. The summed E-state index contributed by atoms with van der Waals surface area (Å²) >= 11 is 0.682. The molecule has 0 amide bonds. The quantitative estimate of drug-likeness (QED) is 0.249. The summed E-state index contributed by atoms with van der Waals surface area (Å²) in [5, 5.41) is 35.2. The SMILES string of the molecule is O=c1[nH]nc(Sc2nc3c(=O)[nH]cnc3n2[C@@H]2O[C@@H](CO)[C@@H](O)[C@H]2O)c(=O)[nH]1. The molecular weight excluding hydrogens is 398 g/mol. The zero-order valence-electron chi connectivity index (χ0n) is 13.8. The number of hydrogen-bond donors (Lipinski definition) is 6. The van der Waals surface area contributed by atoms with Crippen molar-refractivity contribution in [2.24, 2.45) is 0 Å². The Morgan fingerprint density at radius 2 is 2.00 bits per heavy atom. The lowest BCUT2D eigenvalue weighted by Gasteiger charge is -2.18. The van der Waals surface area contributed by atoms with Crippen LogP contribution in [-0.4, -0.2) is 74.9 Å². The van der Waals surface area contributed by atoms with Crippen LogP contribution in [0.15, 0.2) is 30.9 Å². The smallest absolute Gasteiger partial charge is 0.342 e. The van der Waals surface area contributed by atoms with Gasteiger partial charge in [-0.1, -0.05) is 0 Å². The Morgan fingerprint density at radius 1 is 1.21 bits per heavy atom. The molecule has 1 aliphatic heterocycles. The number of nitrogens with zero attached hydrogens (tertiary/aromatic N) is 4. The topological polar surface area (TPSA) is 212 Å². The first-order valence-corrected chi connectivity index (χ1v) is 8.67. The van der Waals surface area contributed by atoms with Crippen molar-refractivity contribution in [1.29, 1.82) is 0 Å². The zero-order valence-corrected chi connectivity index (χ0v) is 14.6. The fourth-order valence-corrected chi connectivity index (χ4v) is 3.62. The van der Waals surface area contributed by atoms with Crippen molar-refractivity contribution in [3.8, 4) is 0 Å². The molecule has 4 rings (SSSR count). The van der Waals surface area contributed by atoms with Crippen molar-refractivity contribution in [1.82, 2.24) is 34.7 Å². The molecule has 3 aromatic heterocycles. The molecule has 148 valence electrons. The van der Waals surface area contributed by atoms with Crippen molar-refractivity contribution < 1.29 is 20.1 Å². The number of H-pyrrole nitrogens is 3. The van der Waals surface area contributed by atoms with E-state index in [1.807, 2.05) is 4.98 Å². The molecule has 4 atom stereocenters. The summed E-state index contributed by atoms with van der Waals surface area (Å²) in [6, 6.07) is 0. The summed E-state index contributed by atoms with van der Waals surface area (Å²) in [7, 11) is 0. The third-order valence-corrected chi connectivity index (χ3v) is 5.03. The number of rotatable bonds is 4. The average molecular weight is 411 g/mol. The molecule has 0 bridgehead atoms. The van der Waals surface area contributed by atoms with Crippen LogP contribution in [0.3, 0.4) is 0 Å². The van der Waals surface area contributed by atoms with Gasteiger partial charge in [-0.05, 0) is 11.8 Å². The standard InChI is InChI=1S/C13H13N7O7S/c21-1-3-5(22)6(23)11(27-3)20-7-4(8(24)15-2-14-7)16-13(20)28-10-9(25)17-12(26)19-18-10/h2-3,5-6,11,21-23H,1H2,(H,14,15,24)(H2,17,19,25,26)/t3-,5+,6+,11+/m0/s1. The summed E-state index contributed by atoms with van der Waals surface area (Å²) < 4.78 is 6.71. The van der Waals surface area contributed by atoms with E-state index in [0.29, 0.717) is 11.8 Å². The molecule has 0 saturated carbocycles. The minimum atomic E-state index is -1.48. The minimum absolute atomic E-state index is 0.0147. The number of ether oxygens (including phenoxy) is 1. The molecule has 14 nitrogen and oxygen atoms in total. The maximum atomic E-state index is 12.1. The summed E-state index contributed by atoms with van der Waals surface area (Å²) in [5.41, 5.74) is -2.27. The maximum absolute atomic E-state index is 12.1. The zero-order chi connectivity index (χ0) is 20.0. The van der Waals surface area contributed by atoms with Gasteiger partial charge in [-0.3, -0.25) is 19.1 Å². The summed E-state index contributed by atoms with van der Waals surface area (Å²) in [5.74, 6) is 0.